The minimum atomic E-state index is -0.633. The third-order valence-corrected chi connectivity index (χ3v) is 2.39. The third kappa shape index (κ3) is 1.66. The van der Waals surface area contributed by atoms with Gasteiger partial charge in [-0.15, -0.1) is 0 Å². The van der Waals surface area contributed by atoms with Crippen molar-refractivity contribution in [1.29, 1.82) is 0 Å². The summed E-state index contributed by atoms with van der Waals surface area (Å²) in [5.41, 5.74) is 0. The van der Waals surface area contributed by atoms with E-state index in [0.29, 0.717) is 6.61 Å². The van der Waals surface area contributed by atoms with Gasteiger partial charge in [-0.25, -0.2) is 0 Å². The lowest BCUT2D eigenvalue weighted by Crippen LogP contribution is -2.39. The molecule has 2 nitrogen and oxygen atoms in total. The van der Waals surface area contributed by atoms with Gasteiger partial charge in [0.2, 0.25) is 0 Å². The molecule has 2 unspecified atom stereocenters. The van der Waals surface area contributed by atoms with E-state index in [-0.39, 0.29) is 4.32 Å². The van der Waals surface area contributed by atoms with Crippen LogP contribution < -0.4 is 0 Å². The van der Waals surface area contributed by atoms with Crippen molar-refractivity contribution in [3.05, 3.63) is 0 Å². The van der Waals surface area contributed by atoms with Crippen LogP contribution in [0.4, 0.5) is 0 Å². The molecule has 0 aromatic heterocycles. The van der Waals surface area contributed by atoms with Crippen LogP contribution in [-0.4, -0.2) is 22.3 Å². The quantitative estimate of drug-likeness (QED) is 0.589. The Hall–Kier alpha value is 0.400. The van der Waals surface area contributed by atoms with Crippen molar-refractivity contribution in [2.75, 3.05) is 6.61 Å². The number of rotatable bonds is 0. The van der Waals surface area contributed by atoms with E-state index in [1.807, 2.05) is 6.92 Å². The van der Waals surface area contributed by atoms with Crippen molar-refractivity contribution in [3.63, 3.8) is 0 Å². The average Bonchev–Trinajstić information content (AvgIpc) is 1.77. The van der Waals surface area contributed by atoms with Crippen LogP contribution in [0.3, 0.4) is 0 Å². The van der Waals surface area contributed by atoms with Gasteiger partial charge in [-0.3, -0.25) is 0 Å². The Morgan fingerprint density at radius 2 is 2.44 bits per heavy atom. The second kappa shape index (κ2) is 2.56. The first kappa shape index (κ1) is 7.51. The molecule has 1 heterocycles. The van der Waals surface area contributed by atoms with Gasteiger partial charge in [-0.2, -0.15) is 0 Å². The third-order valence-electron chi connectivity index (χ3n) is 1.60. The van der Waals surface area contributed by atoms with Gasteiger partial charge in [-0.05, 0) is 19.8 Å². The monoisotopic (exact) mass is 194 g/mol. The molecular formula is C6H11BrO2. The summed E-state index contributed by atoms with van der Waals surface area (Å²) in [6, 6.07) is 0. The van der Waals surface area contributed by atoms with E-state index in [1.165, 1.54) is 0 Å². The van der Waals surface area contributed by atoms with Gasteiger partial charge >= 0.3 is 0 Å². The molecule has 54 valence electrons. The van der Waals surface area contributed by atoms with E-state index in [1.54, 1.807) is 0 Å². The minimum absolute atomic E-state index is 0.217. The number of aliphatic hydroxyl groups excluding tert-OH is 1. The molecule has 1 N–H and O–H groups in total. The van der Waals surface area contributed by atoms with Gasteiger partial charge in [0.15, 0.2) is 6.29 Å². The van der Waals surface area contributed by atoms with E-state index in [2.05, 4.69) is 15.9 Å². The predicted octanol–water partition coefficient (Wildman–Crippen LogP) is 1.27. The van der Waals surface area contributed by atoms with Gasteiger partial charge in [0.1, 0.15) is 0 Å². The first-order chi connectivity index (χ1) is 4.13. The fourth-order valence-corrected chi connectivity index (χ4v) is 1.32. The minimum Gasteiger partial charge on any atom is -0.367 e. The largest absolute Gasteiger partial charge is 0.367 e. The Morgan fingerprint density at radius 1 is 1.78 bits per heavy atom. The number of halogens is 1. The smallest absolute Gasteiger partial charge is 0.169 e. The standard InChI is InChI=1S/C6H11BrO2/c1-6(7)3-2-4-9-5(6)8/h5,8H,2-4H2,1H3. The molecule has 3 heteroatoms. The average molecular weight is 195 g/mol. The first-order valence-corrected chi connectivity index (χ1v) is 3.91. The lowest BCUT2D eigenvalue weighted by Gasteiger charge is -2.32. The fourth-order valence-electron chi connectivity index (χ4n) is 0.910. The first-order valence-electron chi connectivity index (χ1n) is 3.11. The molecule has 0 aromatic carbocycles. The molecule has 9 heavy (non-hydrogen) atoms. The molecule has 1 rings (SSSR count). The van der Waals surface area contributed by atoms with Crippen molar-refractivity contribution in [2.45, 2.75) is 30.4 Å². The van der Waals surface area contributed by atoms with E-state index in [9.17, 15) is 0 Å². The highest BCUT2D eigenvalue weighted by molar-refractivity contribution is 9.10. The molecular weight excluding hydrogens is 184 g/mol. The van der Waals surface area contributed by atoms with Crippen molar-refractivity contribution >= 4 is 15.9 Å². The maximum Gasteiger partial charge on any atom is 0.169 e. The summed E-state index contributed by atoms with van der Waals surface area (Å²) in [4.78, 5) is 0. The lowest BCUT2D eigenvalue weighted by atomic mass is 10.0. The molecule has 0 radical (unpaired) electrons. The SMILES string of the molecule is CC1(Br)CCCOC1O. The predicted molar refractivity (Wildman–Crippen MR) is 38.5 cm³/mol. The normalized spacial score (nSPS) is 45.0. The summed E-state index contributed by atoms with van der Waals surface area (Å²) in [6.45, 7) is 2.62. The number of ether oxygens (including phenoxy) is 1. The maximum absolute atomic E-state index is 9.17. The van der Waals surface area contributed by atoms with E-state index in [0.717, 1.165) is 12.8 Å². The van der Waals surface area contributed by atoms with Crippen LogP contribution in [0.1, 0.15) is 19.8 Å². The van der Waals surface area contributed by atoms with Crippen LogP contribution in [0.25, 0.3) is 0 Å². The summed E-state index contributed by atoms with van der Waals surface area (Å²) in [5, 5.41) is 9.17. The molecule has 2 atom stereocenters. The van der Waals surface area contributed by atoms with Crippen molar-refractivity contribution in [3.8, 4) is 0 Å². The Bertz CT molecular complexity index is 103. The summed E-state index contributed by atoms with van der Waals surface area (Å²) < 4.78 is 4.78. The highest BCUT2D eigenvalue weighted by Crippen LogP contribution is 2.31. The molecule has 0 aromatic rings. The zero-order chi connectivity index (χ0) is 6.91. The lowest BCUT2D eigenvalue weighted by molar-refractivity contribution is -0.139. The maximum atomic E-state index is 9.17. The van der Waals surface area contributed by atoms with Crippen LogP contribution in [0.5, 0.6) is 0 Å². The van der Waals surface area contributed by atoms with Gasteiger partial charge in [0.25, 0.3) is 0 Å². The van der Waals surface area contributed by atoms with Gasteiger partial charge in [-0.1, -0.05) is 15.9 Å². The summed E-state index contributed by atoms with van der Waals surface area (Å²) in [6.07, 6.45) is 1.37. The second-order valence-corrected chi connectivity index (χ2v) is 4.42. The second-order valence-electron chi connectivity index (χ2n) is 2.60. The number of hydrogen-bond acceptors (Lipinski definition) is 2. The molecule has 0 aliphatic carbocycles. The number of hydrogen-bond donors (Lipinski definition) is 1. The van der Waals surface area contributed by atoms with E-state index >= 15 is 0 Å². The van der Waals surface area contributed by atoms with Crippen LogP contribution in [0.2, 0.25) is 0 Å². The van der Waals surface area contributed by atoms with Crippen molar-refractivity contribution in [2.24, 2.45) is 0 Å². The molecule has 1 fully saturated rings. The van der Waals surface area contributed by atoms with E-state index < -0.39 is 6.29 Å². The molecule has 0 spiro atoms. The van der Waals surface area contributed by atoms with E-state index in [4.69, 9.17) is 9.84 Å². The zero-order valence-electron chi connectivity index (χ0n) is 5.43. The molecule has 1 saturated heterocycles. The molecule has 1 aliphatic heterocycles. The Kier molecular flexibility index (Phi) is 2.14. The Balaban J connectivity index is 2.49. The Labute approximate surface area is 63.3 Å². The zero-order valence-corrected chi connectivity index (χ0v) is 7.02. The molecule has 0 amide bonds. The topological polar surface area (TPSA) is 29.5 Å². The van der Waals surface area contributed by atoms with Gasteiger partial charge < -0.3 is 9.84 Å². The highest BCUT2D eigenvalue weighted by atomic mass is 79.9. The molecule has 0 saturated carbocycles. The van der Waals surface area contributed by atoms with Gasteiger partial charge in [0.05, 0.1) is 4.32 Å². The molecule has 1 aliphatic rings. The van der Waals surface area contributed by atoms with Crippen LogP contribution in [0.15, 0.2) is 0 Å². The summed E-state index contributed by atoms with van der Waals surface area (Å²) in [5.74, 6) is 0. The molecule has 0 bridgehead atoms. The number of aliphatic hydroxyl groups is 1. The highest BCUT2D eigenvalue weighted by Gasteiger charge is 2.33. The van der Waals surface area contributed by atoms with Crippen LogP contribution in [-0.2, 0) is 4.74 Å². The van der Waals surface area contributed by atoms with Gasteiger partial charge in [0, 0.05) is 6.61 Å². The van der Waals surface area contributed by atoms with Crippen LogP contribution >= 0.6 is 15.9 Å². The van der Waals surface area contributed by atoms with Crippen molar-refractivity contribution < 1.29 is 9.84 Å². The van der Waals surface area contributed by atoms with Crippen molar-refractivity contribution in [1.82, 2.24) is 0 Å². The Morgan fingerprint density at radius 3 is 2.78 bits per heavy atom. The fraction of sp³-hybridized carbons (Fsp3) is 1.00. The number of alkyl halides is 1. The summed E-state index contributed by atoms with van der Waals surface area (Å²) >= 11 is 3.38. The van der Waals surface area contributed by atoms with Crippen LogP contribution in [0, 0.1) is 0 Å². The summed E-state index contributed by atoms with van der Waals surface area (Å²) in [7, 11) is 0.